The van der Waals surface area contributed by atoms with E-state index in [1.54, 1.807) is 14.2 Å². The number of hydrogen-bond acceptors (Lipinski definition) is 6. The van der Waals surface area contributed by atoms with Crippen LogP contribution in [0.5, 0.6) is 0 Å². The summed E-state index contributed by atoms with van der Waals surface area (Å²) < 4.78 is 9.35. The summed E-state index contributed by atoms with van der Waals surface area (Å²) >= 11 is 1.41. The Morgan fingerprint density at radius 3 is 3.21 bits per heavy atom. The third-order valence-electron chi connectivity index (χ3n) is 3.30. The second-order valence-corrected chi connectivity index (χ2v) is 5.37. The first kappa shape index (κ1) is 14.2. The molecule has 0 spiro atoms. The number of methoxy groups -OCH3 is 1. The van der Waals surface area contributed by atoms with Crippen LogP contribution in [0.1, 0.15) is 18.7 Å². The van der Waals surface area contributed by atoms with Crippen LogP contribution in [0, 0.1) is 5.92 Å². The molecule has 1 N–H and O–H groups in total. The normalized spacial score (nSPS) is 19.5. The van der Waals surface area contributed by atoms with Crippen LogP contribution in [0.2, 0.25) is 0 Å². The second-order valence-electron chi connectivity index (χ2n) is 4.64. The highest BCUT2D eigenvalue weighted by Crippen LogP contribution is 2.24. The molecule has 7 heteroatoms. The standard InChI is InChI=1S/C12H20N4O2S/c1-13-11(17)9-4-3-6-16(8-9)12-14-10(15-19-12)5-7-18-2/h9H,3-8H2,1-2H3,(H,13,17). The molecular formula is C12H20N4O2S. The Morgan fingerprint density at radius 2 is 2.47 bits per heavy atom. The second kappa shape index (κ2) is 6.81. The highest BCUT2D eigenvalue weighted by atomic mass is 32.1. The van der Waals surface area contributed by atoms with Gasteiger partial charge in [-0.05, 0) is 12.8 Å². The molecule has 1 atom stereocenters. The van der Waals surface area contributed by atoms with E-state index in [0.717, 1.165) is 43.3 Å². The van der Waals surface area contributed by atoms with Crippen LogP contribution in [0.4, 0.5) is 5.13 Å². The largest absolute Gasteiger partial charge is 0.384 e. The Kier molecular flexibility index (Phi) is 5.09. The van der Waals surface area contributed by atoms with E-state index in [2.05, 4.69) is 19.6 Å². The number of anilines is 1. The highest BCUT2D eigenvalue weighted by molar-refractivity contribution is 7.09. The Bertz CT molecular complexity index is 424. The predicted octanol–water partition coefficient (Wildman–Crippen LogP) is 0.689. The molecule has 1 saturated heterocycles. The van der Waals surface area contributed by atoms with Gasteiger partial charge in [-0.3, -0.25) is 4.79 Å². The van der Waals surface area contributed by atoms with Crippen molar-refractivity contribution in [1.29, 1.82) is 0 Å². The van der Waals surface area contributed by atoms with E-state index in [1.807, 2.05) is 0 Å². The van der Waals surface area contributed by atoms with Crippen LogP contribution in [0.25, 0.3) is 0 Å². The number of aromatic nitrogens is 2. The molecule has 1 aliphatic rings. The maximum absolute atomic E-state index is 11.7. The van der Waals surface area contributed by atoms with Crippen LogP contribution >= 0.6 is 11.5 Å². The van der Waals surface area contributed by atoms with Gasteiger partial charge in [0, 0.05) is 45.2 Å². The van der Waals surface area contributed by atoms with Crippen molar-refractivity contribution < 1.29 is 9.53 Å². The lowest BCUT2D eigenvalue weighted by Gasteiger charge is -2.31. The predicted molar refractivity (Wildman–Crippen MR) is 74.5 cm³/mol. The topological polar surface area (TPSA) is 67.4 Å². The SMILES string of the molecule is CNC(=O)C1CCCN(c2nc(CCOC)ns2)C1. The first-order valence-electron chi connectivity index (χ1n) is 6.52. The lowest BCUT2D eigenvalue weighted by molar-refractivity contribution is -0.124. The van der Waals surface area contributed by atoms with Gasteiger partial charge in [-0.15, -0.1) is 0 Å². The van der Waals surface area contributed by atoms with E-state index in [4.69, 9.17) is 4.74 Å². The van der Waals surface area contributed by atoms with Crippen molar-refractivity contribution in [2.24, 2.45) is 5.92 Å². The summed E-state index contributed by atoms with van der Waals surface area (Å²) in [7, 11) is 3.36. The highest BCUT2D eigenvalue weighted by Gasteiger charge is 2.26. The van der Waals surface area contributed by atoms with Gasteiger partial charge in [0.15, 0.2) is 0 Å². The fourth-order valence-electron chi connectivity index (χ4n) is 2.24. The van der Waals surface area contributed by atoms with Crippen LogP contribution in [0.15, 0.2) is 0 Å². The third kappa shape index (κ3) is 3.63. The van der Waals surface area contributed by atoms with Gasteiger partial charge < -0.3 is 15.0 Å². The molecule has 0 bridgehead atoms. The summed E-state index contributed by atoms with van der Waals surface area (Å²) in [6.45, 7) is 2.32. The molecule has 2 heterocycles. The maximum atomic E-state index is 11.7. The molecule has 6 nitrogen and oxygen atoms in total. The molecule has 1 amide bonds. The monoisotopic (exact) mass is 284 g/mol. The van der Waals surface area contributed by atoms with E-state index in [1.165, 1.54) is 11.5 Å². The summed E-state index contributed by atoms with van der Waals surface area (Å²) in [4.78, 5) is 18.4. The molecule has 1 aromatic heterocycles. The Labute approximate surface area is 117 Å². The number of ether oxygens (including phenoxy) is 1. The van der Waals surface area contributed by atoms with Gasteiger partial charge in [-0.1, -0.05) is 0 Å². The van der Waals surface area contributed by atoms with Crippen molar-refractivity contribution in [3.8, 4) is 0 Å². The molecule has 0 aliphatic carbocycles. The fourth-order valence-corrected chi connectivity index (χ4v) is 2.98. The number of piperidine rings is 1. The van der Waals surface area contributed by atoms with Crippen molar-refractivity contribution in [3.63, 3.8) is 0 Å². The van der Waals surface area contributed by atoms with E-state index in [0.29, 0.717) is 6.61 Å². The van der Waals surface area contributed by atoms with Gasteiger partial charge in [-0.25, -0.2) is 4.98 Å². The summed E-state index contributed by atoms with van der Waals surface area (Å²) in [5.74, 6) is 1.00. The minimum atomic E-state index is 0.0603. The van der Waals surface area contributed by atoms with E-state index in [9.17, 15) is 4.79 Å². The van der Waals surface area contributed by atoms with E-state index >= 15 is 0 Å². The molecule has 1 fully saturated rings. The van der Waals surface area contributed by atoms with Gasteiger partial charge in [-0.2, -0.15) is 4.37 Å². The number of carbonyl (C=O) groups is 1. The van der Waals surface area contributed by atoms with Gasteiger partial charge >= 0.3 is 0 Å². The van der Waals surface area contributed by atoms with Crippen LogP contribution in [0.3, 0.4) is 0 Å². The zero-order chi connectivity index (χ0) is 13.7. The average molecular weight is 284 g/mol. The maximum Gasteiger partial charge on any atom is 0.224 e. The number of rotatable bonds is 5. The van der Waals surface area contributed by atoms with Gasteiger partial charge in [0.2, 0.25) is 11.0 Å². The van der Waals surface area contributed by atoms with Gasteiger partial charge in [0.25, 0.3) is 0 Å². The lowest BCUT2D eigenvalue weighted by Crippen LogP contribution is -2.42. The van der Waals surface area contributed by atoms with Crippen molar-refractivity contribution in [1.82, 2.24) is 14.7 Å². The number of nitrogens with one attached hydrogen (secondary N) is 1. The molecule has 1 unspecified atom stereocenters. The van der Waals surface area contributed by atoms with Gasteiger partial charge in [0.05, 0.1) is 12.5 Å². The molecule has 2 rings (SSSR count). The van der Waals surface area contributed by atoms with Crippen LogP contribution in [-0.4, -0.2) is 49.1 Å². The fraction of sp³-hybridized carbons (Fsp3) is 0.750. The van der Waals surface area contributed by atoms with Crippen molar-refractivity contribution in [2.75, 3.05) is 38.8 Å². The van der Waals surface area contributed by atoms with Gasteiger partial charge in [0.1, 0.15) is 5.82 Å². The molecule has 106 valence electrons. The molecule has 19 heavy (non-hydrogen) atoms. The average Bonchev–Trinajstić information content (AvgIpc) is 2.93. The molecule has 0 radical (unpaired) electrons. The number of amides is 1. The summed E-state index contributed by atoms with van der Waals surface area (Å²) in [5, 5.41) is 3.64. The van der Waals surface area contributed by atoms with E-state index in [-0.39, 0.29) is 11.8 Å². The number of nitrogens with zero attached hydrogens (tertiary/aromatic N) is 3. The zero-order valence-electron chi connectivity index (χ0n) is 11.4. The van der Waals surface area contributed by atoms with Crippen LogP contribution in [-0.2, 0) is 16.0 Å². The minimum absolute atomic E-state index is 0.0603. The smallest absolute Gasteiger partial charge is 0.224 e. The molecule has 1 aliphatic heterocycles. The lowest BCUT2D eigenvalue weighted by atomic mass is 9.98. The first-order valence-corrected chi connectivity index (χ1v) is 7.30. The first-order chi connectivity index (χ1) is 9.24. The summed E-state index contributed by atoms with van der Waals surface area (Å²) in [6, 6.07) is 0. The summed E-state index contributed by atoms with van der Waals surface area (Å²) in [5.41, 5.74) is 0. The third-order valence-corrected chi connectivity index (χ3v) is 4.11. The Balaban J connectivity index is 1.97. The van der Waals surface area contributed by atoms with Crippen LogP contribution < -0.4 is 10.2 Å². The molecule has 0 saturated carbocycles. The van der Waals surface area contributed by atoms with Crippen molar-refractivity contribution >= 4 is 22.6 Å². The molecule has 1 aromatic rings. The van der Waals surface area contributed by atoms with E-state index < -0.39 is 0 Å². The van der Waals surface area contributed by atoms with Crippen molar-refractivity contribution in [2.45, 2.75) is 19.3 Å². The zero-order valence-corrected chi connectivity index (χ0v) is 12.2. The summed E-state index contributed by atoms with van der Waals surface area (Å²) in [6.07, 6.45) is 2.70. The minimum Gasteiger partial charge on any atom is -0.384 e. The Morgan fingerprint density at radius 1 is 1.63 bits per heavy atom. The molecule has 0 aromatic carbocycles. The molecular weight excluding hydrogens is 264 g/mol. The Hall–Kier alpha value is -1.21. The quantitative estimate of drug-likeness (QED) is 0.861. The van der Waals surface area contributed by atoms with Crippen molar-refractivity contribution in [3.05, 3.63) is 5.82 Å². The number of hydrogen-bond donors (Lipinski definition) is 1. The number of carbonyl (C=O) groups excluding carboxylic acids is 1.